The van der Waals surface area contributed by atoms with E-state index in [0.717, 1.165) is 43.6 Å². The summed E-state index contributed by atoms with van der Waals surface area (Å²) in [4.78, 5) is 8.90. The van der Waals surface area contributed by atoms with Gasteiger partial charge in [-0.1, -0.05) is 36.4 Å². The average molecular weight is 367 g/mol. The highest BCUT2D eigenvalue weighted by Gasteiger charge is 2.50. The Hall–Kier alpha value is -1.95. The SMILES string of the molecule is Cc1cccnc1N1CC2(CCC(c3ccccc3)(N(C)C)CC2)NC1O. The maximum atomic E-state index is 10.7. The van der Waals surface area contributed by atoms with Crippen LogP contribution >= 0.6 is 0 Å². The number of pyridine rings is 1. The standard InChI is InChI=1S/C22H30N4O/c1-17-8-7-15-23-19(17)26-16-21(24-20(26)27)11-13-22(14-12-21,25(2)3)18-9-5-4-6-10-18/h4-10,15,20,24,27H,11-14,16H2,1-3H3. The lowest BCUT2D eigenvalue weighted by molar-refractivity contribution is 0.0513. The molecule has 1 aliphatic carbocycles. The van der Waals surface area contributed by atoms with E-state index in [9.17, 15) is 5.11 Å². The molecule has 27 heavy (non-hydrogen) atoms. The molecule has 1 atom stereocenters. The molecule has 0 bridgehead atoms. The number of anilines is 1. The molecular formula is C22H30N4O. The number of aryl methyl sites for hydroxylation is 1. The highest BCUT2D eigenvalue weighted by molar-refractivity contribution is 5.48. The van der Waals surface area contributed by atoms with E-state index in [1.54, 1.807) is 6.20 Å². The number of rotatable bonds is 3. The summed E-state index contributed by atoms with van der Waals surface area (Å²) in [5.41, 5.74) is 2.49. The second-order valence-electron chi connectivity index (χ2n) is 8.36. The Bertz CT molecular complexity index is 784. The highest BCUT2D eigenvalue weighted by atomic mass is 16.3. The van der Waals surface area contributed by atoms with Crippen LogP contribution < -0.4 is 10.2 Å². The third kappa shape index (κ3) is 3.14. The number of aromatic nitrogens is 1. The predicted octanol–water partition coefficient (Wildman–Crippen LogP) is 2.85. The summed E-state index contributed by atoms with van der Waals surface area (Å²) in [5, 5.41) is 14.2. The fourth-order valence-electron chi connectivity index (χ4n) is 4.97. The second-order valence-corrected chi connectivity index (χ2v) is 8.36. The number of hydrogen-bond donors (Lipinski definition) is 2. The number of aliphatic hydroxyl groups is 1. The fraction of sp³-hybridized carbons (Fsp3) is 0.500. The Morgan fingerprint density at radius 3 is 2.41 bits per heavy atom. The topological polar surface area (TPSA) is 51.6 Å². The third-order valence-corrected chi connectivity index (χ3v) is 6.66. The van der Waals surface area contributed by atoms with Crippen molar-refractivity contribution in [1.82, 2.24) is 15.2 Å². The molecular weight excluding hydrogens is 336 g/mol. The van der Waals surface area contributed by atoms with Crippen LogP contribution in [0.5, 0.6) is 0 Å². The van der Waals surface area contributed by atoms with Crippen molar-refractivity contribution in [1.29, 1.82) is 0 Å². The van der Waals surface area contributed by atoms with Gasteiger partial charge in [-0.2, -0.15) is 0 Å². The molecule has 2 N–H and O–H groups in total. The van der Waals surface area contributed by atoms with Crippen molar-refractivity contribution >= 4 is 5.82 Å². The molecule has 1 aromatic carbocycles. The molecule has 2 aliphatic rings. The summed E-state index contributed by atoms with van der Waals surface area (Å²) in [5.74, 6) is 0.877. The number of hydrogen-bond acceptors (Lipinski definition) is 5. The first kappa shape index (κ1) is 18.4. The van der Waals surface area contributed by atoms with E-state index in [1.807, 2.05) is 24.0 Å². The highest BCUT2D eigenvalue weighted by Crippen LogP contribution is 2.46. The number of benzene rings is 1. The van der Waals surface area contributed by atoms with Crippen LogP contribution in [0, 0.1) is 6.92 Å². The van der Waals surface area contributed by atoms with Gasteiger partial charge in [0.15, 0.2) is 6.35 Å². The molecule has 144 valence electrons. The number of nitrogens with zero attached hydrogens (tertiary/aromatic N) is 3. The fourth-order valence-corrected chi connectivity index (χ4v) is 4.97. The van der Waals surface area contributed by atoms with Gasteiger partial charge in [0, 0.05) is 23.8 Å². The van der Waals surface area contributed by atoms with Crippen LogP contribution in [0.15, 0.2) is 48.7 Å². The van der Waals surface area contributed by atoms with Crippen LogP contribution in [0.1, 0.15) is 36.8 Å². The number of aliphatic hydroxyl groups excluding tert-OH is 1. The zero-order chi connectivity index (χ0) is 19.1. The van der Waals surface area contributed by atoms with Gasteiger partial charge < -0.3 is 10.0 Å². The van der Waals surface area contributed by atoms with Gasteiger partial charge in [-0.05, 0) is 63.9 Å². The molecule has 1 saturated heterocycles. The first-order valence-corrected chi connectivity index (χ1v) is 9.83. The molecule has 2 aromatic rings. The van der Waals surface area contributed by atoms with E-state index in [2.05, 4.69) is 59.6 Å². The van der Waals surface area contributed by atoms with Crippen LogP contribution in [0.3, 0.4) is 0 Å². The monoisotopic (exact) mass is 366 g/mol. The molecule has 1 spiro atoms. The average Bonchev–Trinajstić information content (AvgIpc) is 2.99. The molecule has 4 rings (SSSR count). The molecule has 0 radical (unpaired) electrons. The van der Waals surface area contributed by atoms with E-state index in [1.165, 1.54) is 5.56 Å². The van der Waals surface area contributed by atoms with E-state index < -0.39 is 6.35 Å². The Morgan fingerprint density at radius 1 is 1.07 bits per heavy atom. The van der Waals surface area contributed by atoms with Gasteiger partial charge in [-0.25, -0.2) is 4.98 Å². The summed E-state index contributed by atoms with van der Waals surface area (Å²) in [7, 11) is 4.37. The van der Waals surface area contributed by atoms with Crippen molar-refractivity contribution in [3.05, 3.63) is 59.8 Å². The minimum atomic E-state index is -0.679. The Labute approximate surface area is 162 Å². The largest absolute Gasteiger partial charge is 0.361 e. The predicted molar refractivity (Wildman–Crippen MR) is 108 cm³/mol. The third-order valence-electron chi connectivity index (χ3n) is 6.66. The zero-order valence-corrected chi connectivity index (χ0v) is 16.5. The van der Waals surface area contributed by atoms with Gasteiger partial charge in [0.05, 0.1) is 0 Å². The summed E-state index contributed by atoms with van der Waals surface area (Å²) in [6, 6.07) is 14.8. The molecule has 1 unspecified atom stereocenters. The lowest BCUT2D eigenvalue weighted by atomic mass is 9.69. The quantitative estimate of drug-likeness (QED) is 0.875. The summed E-state index contributed by atoms with van der Waals surface area (Å²) in [6.45, 7) is 2.84. The van der Waals surface area contributed by atoms with Gasteiger partial charge in [-0.3, -0.25) is 10.2 Å². The van der Waals surface area contributed by atoms with Gasteiger partial charge in [0.2, 0.25) is 0 Å². The van der Waals surface area contributed by atoms with Crippen LogP contribution in [0.2, 0.25) is 0 Å². The van der Waals surface area contributed by atoms with Gasteiger partial charge in [0.25, 0.3) is 0 Å². The molecule has 5 nitrogen and oxygen atoms in total. The molecule has 2 heterocycles. The first-order chi connectivity index (χ1) is 13.0. The van der Waals surface area contributed by atoms with Crippen molar-refractivity contribution in [2.75, 3.05) is 25.5 Å². The Kier molecular flexibility index (Phi) is 4.70. The minimum Gasteiger partial charge on any atom is -0.361 e. The summed E-state index contributed by atoms with van der Waals surface area (Å²) < 4.78 is 0. The summed E-state index contributed by atoms with van der Waals surface area (Å²) >= 11 is 0. The van der Waals surface area contributed by atoms with Crippen molar-refractivity contribution in [3.63, 3.8) is 0 Å². The van der Waals surface area contributed by atoms with Gasteiger partial charge >= 0.3 is 0 Å². The van der Waals surface area contributed by atoms with Crippen LogP contribution in [0.4, 0.5) is 5.82 Å². The van der Waals surface area contributed by atoms with Crippen molar-refractivity contribution < 1.29 is 5.11 Å². The Balaban J connectivity index is 1.56. The van der Waals surface area contributed by atoms with Crippen LogP contribution in [-0.4, -0.2) is 47.5 Å². The molecule has 1 aromatic heterocycles. The Morgan fingerprint density at radius 2 is 1.78 bits per heavy atom. The maximum absolute atomic E-state index is 10.7. The van der Waals surface area contributed by atoms with E-state index in [4.69, 9.17) is 0 Å². The second kappa shape index (κ2) is 6.89. The van der Waals surface area contributed by atoms with Gasteiger partial charge in [-0.15, -0.1) is 0 Å². The summed E-state index contributed by atoms with van der Waals surface area (Å²) in [6.07, 6.45) is 5.31. The van der Waals surface area contributed by atoms with E-state index in [0.29, 0.717) is 0 Å². The first-order valence-electron chi connectivity index (χ1n) is 9.83. The maximum Gasteiger partial charge on any atom is 0.185 e. The lowest BCUT2D eigenvalue weighted by Crippen LogP contribution is -2.54. The molecule has 5 heteroatoms. The van der Waals surface area contributed by atoms with Crippen molar-refractivity contribution in [3.8, 4) is 0 Å². The van der Waals surface area contributed by atoms with Crippen molar-refractivity contribution in [2.45, 2.75) is 50.0 Å². The molecule has 1 saturated carbocycles. The van der Waals surface area contributed by atoms with Gasteiger partial charge in [0.1, 0.15) is 5.82 Å². The van der Waals surface area contributed by atoms with Crippen LogP contribution in [0.25, 0.3) is 0 Å². The minimum absolute atomic E-state index is 0.0579. The lowest BCUT2D eigenvalue weighted by Gasteiger charge is -2.49. The molecule has 2 fully saturated rings. The van der Waals surface area contributed by atoms with E-state index in [-0.39, 0.29) is 11.1 Å². The van der Waals surface area contributed by atoms with Crippen LogP contribution in [-0.2, 0) is 5.54 Å². The molecule has 1 aliphatic heterocycles. The molecule has 0 amide bonds. The zero-order valence-electron chi connectivity index (χ0n) is 16.5. The normalized spacial score (nSPS) is 31.0. The van der Waals surface area contributed by atoms with E-state index >= 15 is 0 Å². The van der Waals surface area contributed by atoms with Crippen molar-refractivity contribution in [2.24, 2.45) is 0 Å². The number of nitrogens with one attached hydrogen (secondary N) is 1. The smallest absolute Gasteiger partial charge is 0.185 e.